The highest BCUT2D eigenvalue weighted by Gasteiger charge is 2.21. The van der Waals surface area contributed by atoms with Crippen LogP contribution in [0.15, 0.2) is 48.5 Å². The van der Waals surface area contributed by atoms with E-state index < -0.39 is 0 Å². The normalized spacial score (nSPS) is 17.3. The number of aromatic hydroxyl groups is 1. The quantitative estimate of drug-likeness (QED) is 0.877. The Labute approximate surface area is 118 Å². The minimum absolute atomic E-state index is 0.0646. The molecular formula is C17H17NO2. The lowest BCUT2D eigenvalue weighted by molar-refractivity contribution is 0.0932. The number of nitrogens with one attached hydrogen (secondary N) is 1. The fourth-order valence-electron chi connectivity index (χ4n) is 2.79. The second-order valence-electron chi connectivity index (χ2n) is 5.17. The molecular weight excluding hydrogens is 250 g/mol. The average Bonchev–Trinajstić information content (AvgIpc) is 2.47. The molecule has 1 aliphatic carbocycles. The molecule has 1 aliphatic rings. The lowest BCUT2D eigenvalue weighted by Crippen LogP contribution is -2.30. The van der Waals surface area contributed by atoms with E-state index in [-0.39, 0.29) is 17.7 Å². The fraction of sp³-hybridized carbons (Fsp3) is 0.235. The largest absolute Gasteiger partial charge is 0.508 e. The third kappa shape index (κ3) is 2.52. The lowest BCUT2D eigenvalue weighted by atomic mass is 9.87. The molecule has 0 radical (unpaired) electrons. The maximum atomic E-state index is 12.3. The van der Waals surface area contributed by atoms with E-state index in [9.17, 15) is 9.90 Å². The molecule has 3 rings (SSSR count). The van der Waals surface area contributed by atoms with Crippen molar-refractivity contribution in [1.82, 2.24) is 5.32 Å². The highest BCUT2D eigenvalue weighted by atomic mass is 16.3. The predicted molar refractivity (Wildman–Crippen MR) is 77.7 cm³/mol. The molecule has 0 bridgehead atoms. The van der Waals surface area contributed by atoms with Crippen molar-refractivity contribution in [3.8, 4) is 5.75 Å². The van der Waals surface area contributed by atoms with Gasteiger partial charge in [0.15, 0.2) is 0 Å². The molecule has 0 saturated heterocycles. The zero-order valence-corrected chi connectivity index (χ0v) is 11.2. The van der Waals surface area contributed by atoms with Crippen molar-refractivity contribution < 1.29 is 9.90 Å². The number of phenols is 1. The Morgan fingerprint density at radius 1 is 1.15 bits per heavy atom. The Bertz CT molecular complexity index is 636. The standard InChI is InChI=1S/C17H17NO2/c19-14-8-3-7-13(11-14)17(20)18-16-10-4-6-12-5-1-2-9-15(12)16/h1-3,5,7-9,11,16,19H,4,6,10H2,(H,18,20). The second kappa shape index (κ2) is 5.37. The molecule has 3 heteroatoms. The van der Waals surface area contributed by atoms with Crippen LogP contribution in [0.2, 0.25) is 0 Å². The number of carbonyl (C=O) groups excluding carboxylic acids is 1. The topological polar surface area (TPSA) is 49.3 Å². The van der Waals surface area contributed by atoms with Gasteiger partial charge in [-0.3, -0.25) is 4.79 Å². The van der Waals surface area contributed by atoms with Crippen LogP contribution in [0.5, 0.6) is 5.75 Å². The minimum atomic E-state index is -0.136. The maximum Gasteiger partial charge on any atom is 0.251 e. The summed E-state index contributed by atoms with van der Waals surface area (Å²) in [5.74, 6) is -0.0238. The molecule has 1 unspecified atom stereocenters. The van der Waals surface area contributed by atoms with Crippen LogP contribution in [-0.4, -0.2) is 11.0 Å². The van der Waals surface area contributed by atoms with Crippen LogP contribution in [0.4, 0.5) is 0 Å². The third-order valence-electron chi connectivity index (χ3n) is 3.78. The lowest BCUT2D eigenvalue weighted by Gasteiger charge is -2.26. The van der Waals surface area contributed by atoms with E-state index in [0.717, 1.165) is 19.3 Å². The van der Waals surface area contributed by atoms with Crippen LogP contribution in [0.3, 0.4) is 0 Å². The molecule has 1 amide bonds. The van der Waals surface area contributed by atoms with Crippen LogP contribution < -0.4 is 5.32 Å². The molecule has 0 spiro atoms. The summed E-state index contributed by atoms with van der Waals surface area (Å²) in [6.45, 7) is 0. The van der Waals surface area contributed by atoms with E-state index in [1.54, 1.807) is 18.2 Å². The number of hydrogen-bond acceptors (Lipinski definition) is 2. The van der Waals surface area contributed by atoms with Crippen LogP contribution in [0.1, 0.15) is 40.4 Å². The number of phenolic OH excluding ortho intramolecular Hbond substituents is 1. The highest BCUT2D eigenvalue weighted by Crippen LogP contribution is 2.29. The summed E-state index contributed by atoms with van der Waals surface area (Å²) in [6.07, 6.45) is 3.12. The molecule has 20 heavy (non-hydrogen) atoms. The molecule has 0 heterocycles. The van der Waals surface area contributed by atoms with Crippen LogP contribution in [0, 0.1) is 0 Å². The van der Waals surface area contributed by atoms with E-state index in [0.29, 0.717) is 5.56 Å². The Morgan fingerprint density at radius 3 is 2.85 bits per heavy atom. The van der Waals surface area contributed by atoms with Crippen LogP contribution in [0.25, 0.3) is 0 Å². The van der Waals surface area contributed by atoms with Gasteiger partial charge in [0.05, 0.1) is 6.04 Å². The van der Waals surface area contributed by atoms with Gasteiger partial charge in [-0.1, -0.05) is 30.3 Å². The molecule has 102 valence electrons. The fourth-order valence-corrected chi connectivity index (χ4v) is 2.79. The van der Waals surface area contributed by atoms with Gasteiger partial charge in [-0.2, -0.15) is 0 Å². The van der Waals surface area contributed by atoms with E-state index in [1.165, 1.54) is 17.2 Å². The van der Waals surface area contributed by atoms with Gasteiger partial charge in [0.1, 0.15) is 5.75 Å². The van der Waals surface area contributed by atoms with E-state index >= 15 is 0 Å². The van der Waals surface area contributed by atoms with E-state index in [2.05, 4.69) is 17.4 Å². The summed E-state index contributed by atoms with van der Waals surface area (Å²) >= 11 is 0. The van der Waals surface area contributed by atoms with Crippen LogP contribution >= 0.6 is 0 Å². The van der Waals surface area contributed by atoms with Gasteiger partial charge in [-0.15, -0.1) is 0 Å². The number of rotatable bonds is 2. The van der Waals surface area contributed by atoms with Gasteiger partial charge >= 0.3 is 0 Å². The van der Waals surface area contributed by atoms with Gasteiger partial charge in [0, 0.05) is 5.56 Å². The molecule has 0 aliphatic heterocycles. The maximum absolute atomic E-state index is 12.3. The Kier molecular flexibility index (Phi) is 3.42. The number of benzene rings is 2. The van der Waals surface area contributed by atoms with Crippen LogP contribution in [-0.2, 0) is 6.42 Å². The van der Waals surface area contributed by atoms with Crippen molar-refractivity contribution in [2.24, 2.45) is 0 Å². The Balaban J connectivity index is 1.81. The Hall–Kier alpha value is -2.29. The second-order valence-corrected chi connectivity index (χ2v) is 5.17. The summed E-state index contributed by atoms with van der Waals surface area (Å²) in [4.78, 5) is 12.3. The summed E-state index contributed by atoms with van der Waals surface area (Å²) in [6, 6.07) is 14.8. The molecule has 0 saturated carbocycles. The summed E-state index contributed by atoms with van der Waals surface area (Å²) in [5, 5.41) is 12.5. The zero-order chi connectivity index (χ0) is 13.9. The first-order chi connectivity index (χ1) is 9.74. The van der Waals surface area contributed by atoms with Gasteiger partial charge in [-0.05, 0) is 48.6 Å². The highest BCUT2D eigenvalue weighted by molar-refractivity contribution is 5.94. The summed E-state index contributed by atoms with van der Waals surface area (Å²) in [7, 11) is 0. The first-order valence-corrected chi connectivity index (χ1v) is 6.92. The summed E-state index contributed by atoms with van der Waals surface area (Å²) in [5.41, 5.74) is 3.03. The monoisotopic (exact) mass is 267 g/mol. The number of carbonyl (C=O) groups is 1. The van der Waals surface area contributed by atoms with Gasteiger partial charge in [-0.25, -0.2) is 0 Å². The van der Waals surface area contributed by atoms with Gasteiger partial charge in [0.25, 0.3) is 5.91 Å². The summed E-state index contributed by atoms with van der Waals surface area (Å²) < 4.78 is 0. The predicted octanol–water partition coefficient (Wildman–Crippen LogP) is 3.20. The van der Waals surface area contributed by atoms with Crippen molar-refractivity contribution in [3.05, 3.63) is 65.2 Å². The number of amides is 1. The molecule has 2 aromatic rings. The first kappa shape index (κ1) is 12.7. The third-order valence-corrected chi connectivity index (χ3v) is 3.78. The minimum Gasteiger partial charge on any atom is -0.508 e. The first-order valence-electron chi connectivity index (χ1n) is 6.92. The molecule has 3 nitrogen and oxygen atoms in total. The van der Waals surface area contributed by atoms with E-state index in [4.69, 9.17) is 0 Å². The van der Waals surface area contributed by atoms with Gasteiger partial charge in [0.2, 0.25) is 0 Å². The Morgan fingerprint density at radius 2 is 2.00 bits per heavy atom. The SMILES string of the molecule is O=C(NC1CCCc2ccccc21)c1cccc(O)c1. The average molecular weight is 267 g/mol. The molecule has 1 atom stereocenters. The van der Waals surface area contributed by atoms with Crippen molar-refractivity contribution in [2.75, 3.05) is 0 Å². The number of aryl methyl sites for hydroxylation is 1. The number of hydrogen-bond donors (Lipinski definition) is 2. The number of fused-ring (bicyclic) bond motifs is 1. The molecule has 2 aromatic carbocycles. The molecule has 0 fully saturated rings. The van der Waals surface area contributed by atoms with E-state index in [1.807, 2.05) is 12.1 Å². The molecule has 2 N–H and O–H groups in total. The molecule has 0 aromatic heterocycles. The van der Waals surface area contributed by atoms with Crippen molar-refractivity contribution in [2.45, 2.75) is 25.3 Å². The van der Waals surface area contributed by atoms with Crippen molar-refractivity contribution in [1.29, 1.82) is 0 Å². The van der Waals surface area contributed by atoms with Crippen molar-refractivity contribution >= 4 is 5.91 Å². The van der Waals surface area contributed by atoms with Crippen molar-refractivity contribution in [3.63, 3.8) is 0 Å². The smallest absolute Gasteiger partial charge is 0.251 e. The zero-order valence-electron chi connectivity index (χ0n) is 11.2. The van der Waals surface area contributed by atoms with Gasteiger partial charge < -0.3 is 10.4 Å².